The summed E-state index contributed by atoms with van der Waals surface area (Å²) in [5, 5.41) is 12.3. The summed E-state index contributed by atoms with van der Waals surface area (Å²) in [4.78, 5) is 23.5. The van der Waals surface area contributed by atoms with E-state index in [0.717, 1.165) is 4.47 Å². The number of rotatable bonds is 3. The van der Waals surface area contributed by atoms with Crippen LogP contribution in [0.3, 0.4) is 0 Å². The molecule has 0 bridgehead atoms. The summed E-state index contributed by atoms with van der Waals surface area (Å²) in [6.07, 6.45) is 0. The molecule has 7 heteroatoms. The number of carboxylic acid groups (broad SMARTS) is 1. The van der Waals surface area contributed by atoms with Gasteiger partial charge < -0.3 is 15.2 Å². The van der Waals surface area contributed by atoms with Gasteiger partial charge in [0.1, 0.15) is 5.41 Å². The number of carboxylic acids is 1. The number of amides is 1. The van der Waals surface area contributed by atoms with Gasteiger partial charge >= 0.3 is 5.97 Å². The maximum Gasteiger partial charge on any atom is 0.313 e. The van der Waals surface area contributed by atoms with Crippen LogP contribution in [0.1, 0.15) is 17.3 Å². The third kappa shape index (κ3) is 2.82. The van der Waals surface area contributed by atoms with E-state index in [1.165, 1.54) is 0 Å². The lowest BCUT2D eigenvalue weighted by Gasteiger charge is -2.25. The van der Waals surface area contributed by atoms with Gasteiger partial charge in [-0.05, 0) is 25.1 Å². The first-order chi connectivity index (χ1) is 9.34. The minimum atomic E-state index is -1.13. The number of nitrogens with one attached hydrogen (secondary N) is 1. The van der Waals surface area contributed by atoms with Crippen molar-refractivity contribution in [2.45, 2.75) is 13.0 Å². The number of benzene rings is 1. The summed E-state index contributed by atoms with van der Waals surface area (Å²) < 4.78 is 5.91. The van der Waals surface area contributed by atoms with E-state index in [0.29, 0.717) is 10.6 Å². The van der Waals surface area contributed by atoms with Crippen LogP contribution in [0.5, 0.6) is 0 Å². The lowest BCUT2D eigenvalue weighted by molar-refractivity contribution is -0.148. The molecule has 0 aromatic heterocycles. The van der Waals surface area contributed by atoms with Crippen LogP contribution in [0, 0.1) is 5.41 Å². The highest BCUT2D eigenvalue weighted by molar-refractivity contribution is 9.10. The summed E-state index contributed by atoms with van der Waals surface area (Å²) >= 11 is 9.25. The summed E-state index contributed by atoms with van der Waals surface area (Å²) in [5.74, 6) is -1.42. The average molecular weight is 363 g/mol. The Kier molecular flexibility index (Phi) is 4.36. The third-order valence-corrected chi connectivity index (χ3v) is 4.25. The molecule has 108 valence electrons. The van der Waals surface area contributed by atoms with Gasteiger partial charge in [0.05, 0.1) is 29.8 Å². The SMILES string of the molecule is CC1(C(=O)O)COCC1NC(=O)c1cc(Br)ccc1Cl. The predicted octanol–water partition coefficient (Wildman–Crippen LogP) is 2.32. The standard InChI is InChI=1S/C13H13BrClNO4/c1-13(12(18)19)6-20-5-10(13)16-11(17)8-4-7(14)2-3-9(8)15/h2-4,10H,5-6H2,1H3,(H,16,17)(H,18,19). The van der Waals surface area contributed by atoms with Crippen molar-refractivity contribution in [1.82, 2.24) is 5.32 Å². The van der Waals surface area contributed by atoms with Crippen molar-refractivity contribution < 1.29 is 19.4 Å². The smallest absolute Gasteiger partial charge is 0.313 e. The number of carbonyl (C=O) groups excluding carboxylic acids is 1. The number of carbonyl (C=O) groups is 2. The molecule has 1 saturated heterocycles. The highest BCUT2D eigenvalue weighted by Gasteiger charge is 2.47. The van der Waals surface area contributed by atoms with Gasteiger partial charge in [0, 0.05) is 4.47 Å². The molecule has 5 nitrogen and oxygen atoms in total. The number of hydrogen-bond donors (Lipinski definition) is 2. The minimum absolute atomic E-state index is 0.0689. The maximum absolute atomic E-state index is 12.2. The zero-order chi connectivity index (χ0) is 14.9. The first-order valence-corrected chi connectivity index (χ1v) is 7.09. The quantitative estimate of drug-likeness (QED) is 0.865. The van der Waals surface area contributed by atoms with Crippen molar-refractivity contribution in [3.05, 3.63) is 33.3 Å². The van der Waals surface area contributed by atoms with Gasteiger partial charge in [0.15, 0.2) is 0 Å². The molecular formula is C13H13BrClNO4. The second-order valence-corrected chi connectivity index (χ2v) is 6.21. The molecule has 20 heavy (non-hydrogen) atoms. The summed E-state index contributed by atoms with van der Waals surface area (Å²) in [5.41, 5.74) is -0.839. The topological polar surface area (TPSA) is 75.6 Å². The van der Waals surface area contributed by atoms with E-state index in [4.69, 9.17) is 16.3 Å². The van der Waals surface area contributed by atoms with Crippen molar-refractivity contribution >= 4 is 39.4 Å². The van der Waals surface area contributed by atoms with Gasteiger partial charge in [-0.2, -0.15) is 0 Å². The Morgan fingerprint density at radius 2 is 2.25 bits per heavy atom. The Morgan fingerprint density at radius 1 is 1.55 bits per heavy atom. The van der Waals surface area contributed by atoms with Crippen LogP contribution in [0.2, 0.25) is 5.02 Å². The Balaban J connectivity index is 2.19. The molecule has 0 aliphatic carbocycles. The third-order valence-electron chi connectivity index (χ3n) is 3.42. The number of ether oxygens (including phenoxy) is 1. The molecule has 0 spiro atoms. The maximum atomic E-state index is 12.2. The predicted molar refractivity (Wildman–Crippen MR) is 77.0 cm³/mol. The first kappa shape index (κ1) is 15.3. The number of hydrogen-bond acceptors (Lipinski definition) is 3. The fraction of sp³-hybridized carbons (Fsp3) is 0.385. The molecule has 2 atom stereocenters. The molecule has 1 aromatic carbocycles. The molecule has 1 amide bonds. The van der Waals surface area contributed by atoms with Crippen LogP contribution >= 0.6 is 27.5 Å². The molecule has 1 aromatic rings. The van der Waals surface area contributed by atoms with E-state index in [9.17, 15) is 14.7 Å². The molecule has 2 N–H and O–H groups in total. The van der Waals surface area contributed by atoms with Gasteiger partial charge in [0.2, 0.25) is 0 Å². The van der Waals surface area contributed by atoms with E-state index in [-0.39, 0.29) is 13.2 Å². The van der Waals surface area contributed by atoms with Crippen LogP contribution in [0.25, 0.3) is 0 Å². The van der Waals surface area contributed by atoms with Gasteiger partial charge in [-0.25, -0.2) is 0 Å². The molecular weight excluding hydrogens is 350 g/mol. The van der Waals surface area contributed by atoms with E-state index in [1.54, 1.807) is 25.1 Å². The van der Waals surface area contributed by atoms with Gasteiger partial charge in [-0.15, -0.1) is 0 Å². The van der Waals surface area contributed by atoms with Crippen molar-refractivity contribution in [2.24, 2.45) is 5.41 Å². The second-order valence-electron chi connectivity index (χ2n) is 4.89. The van der Waals surface area contributed by atoms with Crippen molar-refractivity contribution in [3.63, 3.8) is 0 Å². The fourth-order valence-corrected chi connectivity index (χ4v) is 2.56. The Bertz CT molecular complexity index is 565. The zero-order valence-corrected chi connectivity index (χ0v) is 13.0. The van der Waals surface area contributed by atoms with E-state index in [2.05, 4.69) is 21.2 Å². The lowest BCUT2D eigenvalue weighted by Crippen LogP contribution is -2.49. The van der Waals surface area contributed by atoms with Gasteiger partial charge in [0.25, 0.3) is 5.91 Å². The Morgan fingerprint density at radius 3 is 2.90 bits per heavy atom. The van der Waals surface area contributed by atoms with Crippen LogP contribution in [-0.4, -0.2) is 36.2 Å². The van der Waals surface area contributed by atoms with Gasteiger partial charge in [-0.3, -0.25) is 9.59 Å². The summed E-state index contributed by atoms with van der Waals surface area (Å²) in [6, 6.07) is 4.31. The summed E-state index contributed by atoms with van der Waals surface area (Å²) in [6.45, 7) is 1.79. The second kappa shape index (κ2) is 5.71. The first-order valence-electron chi connectivity index (χ1n) is 5.91. The van der Waals surface area contributed by atoms with Crippen molar-refractivity contribution in [3.8, 4) is 0 Å². The molecule has 1 aliphatic rings. The Labute approximate surface area is 129 Å². The molecule has 1 aliphatic heterocycles. The minimum Gasteiger partial charge on any atom is -0.481 e. The number of aliphatic carboxylic acids is 1. The molecule has 2 rings (SSSR count). The summed E-state index contributed by atoms with van der Waals surface area (Å²) in [7, 11) is 0. The van der Waals surface area contributed by atoms with E-state index < -0.39 is 23.3 Å². The van der Waals surface area contributed by atoms with Crippen LogP contribution in [0.15, 0.2) is 22.7 Å². The van der Waals surface area contributed by atoms with Crippen LogP contribution in [0.4, 0.5) is 0 Å². The monoisotopic (exact) mass is 361 g/mol. The highest BCUT2D eigenvalue weighted by Crippen LogP contribution is 2.29. The molecule has 2 unspecified atom stereocenters. The molecule has 0 radical (unpaired) electrons. The van der Waals surface area contributed by atoms with E-state index in [1.807, 2.05) is 0 Å². The Hall–Kier alpha value is -1.11. The van der Waals surface area contributed by atoms with Crippen LogP contribution in [-0.2, 0) is 9.53 Å². The van der Waals surface area contributed by atoms with Crippen LogP contribution < -0.4 is 5.32 Å². The zero-order valence-electron chi connectivity index (χ0n) is 10.7. The number of halogens is 2. The van der Waals surface area contributed by atoms with Gasteiger partial charge in [-0.1, -0.05) is 27.5 Å². The normalized spacial score (nSPS) is 25.4. The lowest BCUT2D eigenvalue weighted by atomic mass is 9.85. The molecule has 1 fully saturated rings. The molecule has 0 saturated carbocycles. The highest BCUT2D eigenvalue weighted by atomic mass is 79.9. The molecule has 1 heterocycles. The van der Waals surface area contributed by atoms with E-state index >= 15 is 0 Å². The van der Waals surface area contributed by atoms with Crippen molar-refractivity contribution in [1.29, 1.82) is 0 Å². The largest absolute Gasteiger partial charge is 0.481 e. The fourth-order valence-electron chi connectivity index (χ4n) is 1.99. The van der Waals surface area contributed by atoms with Crippen molar-refractivity contribution in [2.75, 3.05) is 13.2 Å². The average Bonchev–Trinajstić information content (AvgIpc) is 2.75.